The molecule has 0 spiro atoms. The number of hydrogen-bond donors (Lipinski definition) is 0. The summed E-state index contributed by atoms with van der Waals surface area (Å²) < 4.78 is 24.7. The van der Waals surface area contributed by atoms with E-state index in [2.05, 4.69) is 64.1 Å². The van der Waals surface area contributed by atoms with Gasteiger partial charge in [-0.2, -0.15) is 0 Å². The zero-order valence-electron chi connectivity index (χ0n) is 18.0. The van der Waals surface area contributed by atoms with E-state index in [1.54, 1.807) is 13.3 Å². The summed E-state index contributed by atoms with van der Waals surface area (Å²) >= 11 is 0. The van der Waals surface area contributed by atoms with Crippen LogP contribution >= 0.6 is 0 Å². The molecule has 0 aromatic carbocycles. The van der Waals surface area contributed by atoms with E-state index in [9.17, 15) is 0 Å². The molecule has 0 amide bonds. The number of hydrogen-bond acceptors (Lipinski definition) is 6. The SMILES string of the molecule is CO/N=C\[C@H](OC)[C@H](O[Si](C)(C)C)[C@@H](CO[Si](C)(C)C)O[Si](C)(C)C. The van der Waals surface area contributed by atoms with Gasteiger partial charge in [-0.1, -0.05) is 5.16 Å². The fourth-order valence-corrected chi connectivity index (χ4v) is 5.02. The van der Waals surface area contributed by atoms with Gasteiger partial charge in [0, 0.05) is 7.11 Å². The molecule has 0 aromatic heterocycles. The lowest BCUT2D eigenvalue weighted by atomic mass is 10.1. The molecule has 0 heterocycles. The quantitative estimate of drug-likeness (QED) is 0.278. The standard InChI is InChI=1S/C16H39NO5Si3/c1-18-14(12-17-19-2)16(22-25(9,10)11)15(21-24(6,7)8)13-20-23(3,4)5/h12,14-16H,13H2,1-11H3/b17-12-/t14-,15+,16-/m0/s1. The van der Waals surface area contributed by atoms with Gasteiger partial charge in [0.15, 0.2) is 25.0 Å². The van der Waals surface area contributed by atoms with Gasteiger partial charge in [0.05, 0.1) is 18.9 Å². The maximum Gasteiger partial charge on any atom is 0.184 e. The van der Waals surface area contributed by atoms with Crippen molar-refractivity contribution in [2.75, 3.05) is 20.8 Å². The first-order valence-electron chi connectivity index (χ1n) is 8.77. The summed E-state index contributed by atoms with van der Waals surface area (Å²) in [6, 6.07) is 0. The first-order chi connectivity index (χ1) is 11.2. The van der Waals surface area contributed by atoms with Gasteiger partial charge in [-0.3, -0.25) is 0 Å². The van der Waals surface area contributed by atoms with Crippen molar-refractivity contribution in [3.8, 4) is 0 Å². The van der Waals surface area contributed by atoms with Crippen LogP contribution in [0.3, 0.4) is 0 Å². The van der Waals surface area contributed by atoms with Crippen LogP contribution in [0.5, 0.6) is 0 Å². The summed E-state index contributed by atoms with van der Waals surface area (Å²) in [5.41, 5.74) is 0. The molecule has 9 heteroatoms. The molecule has 0 radical (unpaired) electrons. The maximum absolute atomic E-state index is 6.46. The molecule has 0 N–H and O–H groups in total. The number of oxime groups is 1. The Morgan fingerprint density at radius 3 is 1.68 bits per heavy atom. The van der Waals surface area contributed by atoms with Gasteiger partial charge in [-0.05, 0) is 58.9 Å². The highest BCUT2D eigenvalue weighted by atomic mass is 28.4. The monoisotopic (exact) mass is 409 g/mol. The van der Waals surface area contributed by atoms with Gasteiger partial charge in [0.25, 0.3) is 0 Å². The van der Waals surface area contributed by atoms with E-state index in [1.807, 2.05) is 0 Å². The van der Waals surface area contributed by atoms with Crippen molar-refractivity contribution in [3.05, 3.63) is 0 Å². The summed E-state index contributed by atoms with van der Waals surface area (Å²) in [6.07, 6.45) is 0.773. The fourth-order valence-electron chi connectivity index (χ4n) is 2.15. The average Bonchev–Trinajstić information content (AvgIpc) is 2.39. The predicted octanol–water partition coefficient (Wildman–Crippen LogP) is 3.93. The summed E-state index contributed by atoms with van der Waals surface area (Å²) in [6.45, 7) is 20.0. The van der Waals surface area contributed by atoms with Crippen molar-refractivity contribution in [1.82, 2.24) is 0 Å². The van der Waals surface area contributed by atoms with Crippen LogP contribution in [0.2, 0.25) is 58.9 Å². The zero-order chi connectivity index (χ0) is 19.9. The lowest BCUT2D eigenvalue weighted by molar-refractivity contribution is -0.0460. The molecule has 0 saturated carbocycles. The van der Waals surface area contributed by atoms with E-state index in [-0.39, 0.29) is 18.3 Å². The van der Waals surface area contributed by atoms with Crippen LogP contribution in [-0.2, 0) is 22.9 Å². The summed E-state index contributed by atoms with van der Waals surface area (Å²) in [5.74, 6) is 0. The molecule has 0 aliphatic rings. The molecule has 0 aliphatic carbocycles. The highest BCUT2D eigenvalue weighted by molar-refractivity contribution is 6.70. The second-order valence-corrected chi connectivity index (χ2v) is 22.5. The molecule has 0 saturated heterocycles. The number of ether oxygens (including phenoxy) is 1. The Morgan fingerprint density at radius 2 is 1.32 bits per heavy atom. The fraction of sp³-hybridized carbons (Fsp3) is 0.938. The minimum Gasteiger partial charge on any atom is -0.415 e. The van der Waals surface area contributed by atoms with E-state index in [4.69, 9.17) is 22.9 Å². The third-order valence-electron chi connectivity index (χ3n) is 2.95. The van der Waals surface area contributed by atoms with E-state index >= 15 is 0 Å². The zero-order valence-corrected chi connectivity index (χ0v) is 21.0. The highest BCUT2D eigenvalue weighted by Gasteiger charge is 2.38. The molecule has 150 valence electrons. The van der Waals surface area contributed by atoms with E-state index < -0.39 is 25.0 Å². The van der Waals surface area contributed by atoms with Crippen molar-refractivity contribution in [1.29, 1.82) is 0 Å². The van der Waals surface area contributed by atoms with Crippen LogP contribution < -0.4 is 0 Å². The molecule has 6 nitrogen and oxygen atoms in total. The molecule has 0 aliphatic heterocycles. The first-order valence-corrected chi connectivity index (χ1v) is 19.0. The summed E-state index contributed by atoms with van der Waals surface area (Å²) in [7, 11) is -2.16. The number of nitrogens with zero attached hydrogens (tertiary/aromatic N) is 1. The van der Waals surface area contributed by atoms with Crippen LogP contribution in [0.25, 0.3) is 0 Å². The third-order valence-corrected chi connectivity index (χ3v) is 5.97. The van der Waals surface area contributed by atoms with Gasteiger partial charge in [0.2, 0.25) is 0 Å². The Hall–Kier alpha value is -0.0394. The minimum absolute atomic E-state index is 0.210. The molecule has 0 rings (SSSR count). The van der Waals surface area contributed by atoms with Crippen LogP contribution in [0, 0.1) is 0 Å². The second-order valence-electron chi connectivity index (χ2n) is 9.02. The normalized spacial score (nSPS) is 17.6. The number of methoxy groups -OCH3 is 1. The van der Waals surface area contributed by atoms with Gasteiger partial charge >= 0.3 is 0 Å². The van der Waals surface area contributed by atoms with Crippen molar-refractivity contribution in [2.24, 2.45) is 5.16 Å². The molecule has 0 bridgehead atoms. The lowest BCUT2D eigenvalue weighted by Gasteiger charge is -2.39. The van der Waals surface area contributed by atoms with E-state index in [1.165, 1.54) is 7.11 Å². The Labute approximate surface area is 157 Å². The molecule has 0 unspecified atom stereocenters. The van der Waals surface area contributed by atoms with Gasteiger partial charge in [-0.15, -0.1) is 0 Å². The van der Waals surface area contributed by atoms with Crippen LogP contribution in [0.1, 0.15) is 0 Å². The summed E-state index contributed by atoms with van der Waals surface area (Å²) in [4.78, 5) is 4.84. The van der Waals surface area contributed by atoms with Crippen molar-refractivity contribution in [2.45, 2.75) is 77.2 Å². The predicted molar refractivity (Wildman–Crippen MR) is 112 cm³/mol. The van der Waals surface area contributed by atoms with Gasteiger partial charge in [-0.25, -0.2) is 0 Å². The third kappa shape index (κ3) is 12.9. The molecule has 0 fully saturated rings. The molecular weight excluding hydrogens is 370 g/mol. The molecule has 0 aromatic rings. The van der Waals surface area contributed by atoms with Gasteiger partial charge < -0.3 is 22.9 Å². The minimum atomic E-state index is -1.84. The molecular formula is C16H39NO5Si3. The van der Waals surface area contributed by atoms with Crippen LogP contribution in [0.4, 0.5) is 0 Å². The average molecular weight is 410 g/mol. The second kappa shape index (κ2) is 10.3. The van der Waals surface area contributed by atoms with Crippen molar-refractivity contribution < 1.29 is 22.9 Å². The molecule has 3 atom stereocenters. The Kier molecular flexibility index (Phi) is 10.3. The topological polar surface area (TPSA) is 58.5 Å². The van der Waals surface area contributed by atoms with Crippen molar-refractivity contribution in [3.63, 3.8) is 0 Å². The van der Waals surface area contributed by atoms with Crippen molar-refractivity contribution >= 4 is 31.2 Å². The number of rotatable bonds is 12. The van der Waals surface area contributed by atoms with Crippen LogP contribution in [-0.4, -0.2) is 70.3 Å². The lowest BCUT2D eigenvalue weighted by Crippen LogP contribution is -2.53. The van der Waals surface area contributed by atoms with Gasteiger partial charge in [0.1, 0.15) is 19.3 Å². The largest absolute Gasteiger partial charge is 0.415 e. The van der Waals surface area contributed by atoms with E-state index in [0.29, 0.717) is 6.61 Å². The smallest absolute Gasteiger partial charge is 0.184 e. The molecule has 25 heavy (non-hydrogen) atoms. The Bertz CT molecular complexity index is 402. The highest BCUT2D eigenvalue weighted by Crippen LogP contribution is 2.22. The van der Waals surface area contributed by atoms with Crippen LogP contribution in [0.15, 0.2) is 5.16 Å². The Morgan fingerprint density at radius 1 is 0.800 bits per heavy atom. The maximum atomic E-state index is 6.46. The first kappa shape index (κ1) is 25.0. The Balaban J connectivity index is 5.63. The van der Waals surface area contributed by atoms with E-state index in [0.717, 1.165) is 0 Å². The summed E-state index contributed by atoms with van der Waals surface area (Å²) in [5, 5.41) is 3.89.